The standard InChI is InChI=1S/C21H20BrFN6/c1-13-4-5-18(29-24-7-8-25-29)19(10-13)28-9-3-6-21(28,2)20-26-16-11-14(22)15(23)12-17(16)27-20/h4-5,7-8,10-12H,3,6,9H2,1-2H3,(H,26,27)/t21-/m0/s1. The Morgan fingerprint density at radius 1 is 1.14 bits per heavy atom. The molecule has 1 fully saturated rings. The second kappa shape index (κ2) is 6.66. The first-order valence-electron chi connectivity index (χ1n) is 9.56. The summed E-state index contributed by atoms with van der Waals surface area (Å²) < 4.78 is 14.4. The Labute approximate surface area is 175 Å². The van der Waals surface area contributed by atoms with Crippen LogP contribution in [0.5, 0.6) is 0 Å². The van der Waals surface area contributed by atoms with Crippen LogP contribution in [0.3, 0.4) is 0 Å². The second-order valence-corrected chi connectivity index (χ2v) is 8.56. The summed E-state index contributed by atoms with van der Waals surface area (Å²) in [7, 11) is 0. The Hall–Kier alpha value is -2.74. The van der Waals surface area contributed by atoms with Crippen LogP contribution in [-0.4, -0.2) is 31.5 Å². The van der Waals surface area contributed by atoms with Crippen molar-refractivity contribution in [3.8, 4) is 5.69 Å². The maximum absolute atomic E-state index is 14.0. The lowest BCUT2D eigenvalue weighted by Crippen LogP contribution is -2.40. The highest BCUT2D eigenvalue weighted by Gasteiger charge is 2.42. The lowest BCUT2D eigenvalue weighted by molar-refractivity contribution is 0.466. The van der Waals surface area contributed by atoms with Crippen molar-refractivity contribution in [2.24, 2.45) is 0 Å². The molecular weight excluding hydrogens is 435 g/mol. The minimum atomic E-state index is -0.350. The fourth-order valence-electron chi connectivity index (χ4n) is 4.21. The van der Waals surface area contributed by atoms with Gasteiger partial charge in [-0.05, 0) is 66.4 Å². The van der Waals surface area contributed by atoms with Crippen molar-refractivity contribution in [3.05, 3.63) is 64.4 Å². The maximum Gasteiger partial charge on any atom is 0.139 e. The highest BCUT2D eigenvalue weighted by Crippen LogP contribution is 2.43. The van der Waals surface area contributed by atoms with E-state index in [9.17, 15) is 4.39 Å². The lowest BCUT2D eigenvalue weighted by atomic mass is 9.97. The molecule has 29 heavy (non-hydrogen) atoms. The zero-order chi connectivity index (χ0) is 20.2. The fourth-order valence-corrected chi connectivity index (χ4v) is 4.55. The average molecular weight is 455 g/mol. The van der Waals surface area contributed by atoms with Crippen LogP contribution in [0.25, 0.3) is 16.7 Å². The van der Waals surface area contributed by atoms with E-state index in [2.05, 4.69) is 68.1 Å². The lowest BCUT2D eigenvalue weighted by Gasteiger charge is -2.36. The van der Waals surface area contributed by atoms with Crippen LogP contribution >= 0.6 is 15.9 Å². The number of imidazole rings is 1. The minimum Gasteiger partial charge on any atom is -0.357 e. The molecule has 1 saturated heterocycles. The van der Waals surface area contributed by atoms with Gasteiger partial charge in [-0.15, -0.1) is 4.80 Å². The predicted octanol–water partition coefficient (Wildman–Crippen LogP) is 4.87. The maximum atomic E-state index is 14.0. The van der Waals surface area contributed by atoms with Crippen molar-refractivity contribution in [1.82, 2.24) is 25.0 Å². The van der Waals surface area contributed by atoms with E-state index in [4.69, 9.17) is 4.98 Å². The van der Waals surface area contributed by atoms with Gasteiger partial charge in [0.05, 0.1) is 39.1 Å². The van der Waals surface area contributed by atoms with E-state index in [0.29, 0.717) is 9.99 Å². The SMILES string of the molecule is Cc1ccc(-n2nccn2)c(N2CCC[C@@]2(C)c2nc3cc(Br)c(F)cc3[nH]2)c1. The molecule has 148 valence electrons. The highest BCUT2D eigenvalue weighted by molar-refractivity contribution is 9.10. The monoisotopic (exact) mass is 454 g/mol. The minimum absolute atomic E-state index is 0.299. The van der Waals surface area contributed by atoms with Crippen molar-refractivity contribution in [1.29, 1.82) is 0 Å². The zero-order valence-corrected chi connectivity index (χ0v) is 17.7. The number of nitrogens with one attached hydrogen (secondary N) is 1. The molecule has 2 aromatic carbocycles. The van der Waals surface area contributed by atoms with Crippen LogP contribution in [0, 0.1) is 12.7 Å². The Bertz CT molecular complexity index is 1160. The van der Waals surface area contributed by atoms with E-state index < -0.39 is 0 Å². The quantitative estimate of drug-likeness (QED) is 0.479. The van der Waals surface area contributed by atoms with E-state index in [0.717, 1.165) is 42.1 Å². The van der Waals surface area contributed by atoms with E-state index in [1.54, 1.807) is 23.3 Å². The number of aromatic amines is 1. The van der Waals surface area contributed by atoms with Crippen molar-refractivity contribution in [3.63, 3.8) is 0 Å². The van der Waals surface area contributed by atoms with Crippen LogP contribution in [-0.2, 0) is 5.54 Å². The Balaban J connectivity index is 1.65. The molecule has 0 amide bonds. The predicted molar refractivity (Wildman–Crippen MR) is 114 cm³/mol. The van der Waals surface area contributed by atoms with E-state index in [1.807, 2.05) is 0 Å². The van der Waals surface area contributed by atoms with Gasteiger partial charge < -0.3 is 9.88 Å². The second-order valence-electron chi connectivity index (χ2n) is 7.71. The smallest absolute Gasteiger partial charge is 0.139 e. The van der Waals surface area contributed by atoms with Gasteiger partial charge in [-0.3, -0.25) is 0 Å². The number of anilines is 1. The van der Waals surface area contributed by atoms with Crippen LogP contribution in [0.2, 0.25) is 0 Å². The number of halogens is 2. The summed E-state index contributed by atoms with van der Waals surface area (Å²) in [6.45, 7) is 5.16. The van der Waals surface area contributed by atoms with Gasteiger partial charge in [0.25, 0.3) is 0 Å². The van der Waals surface area contributed by atoms with Crippen molar-refractivity contribution in [2.75, 3.05) is 11.4 Å². The molecule has 1 aliphatic rings. The number of aryl methyl sites for hydroxylation is 1. The molecule has 2 aromatic heterocycles. The van der Waals surface area contributed by atoms with Gasteiger partial charge in [0.1, 0.15) is 17.3 Å². The van der Waals surface area contributed by atoms with Gasteiger partial charge in [-0.2, -0.15) is 10.2 Å². The molecule has 8 heteroatoms. The van der Waals surface area contributed by atoms with Crippen LogP contribution in [0.4, 0.5) is 10.1 Å². The average Bonchev–Trinajstić information content (AvgIpc) is 3.42. The third kappa shape index (κ3) is 2.93. The fraction of sp³-hybridized carbons (Fsp3) is 0.286. The summed E-state index contributed by atoms with van der Waals surface area (Å²) in [6, 6.07) is 9.50. The summed E-state index contributed by atoms with van der Waals surface area (Å²) >= 11 is 3.25. The highest BCUT2D eigenvalue weighted by atomic mass is 79.9. The molecule has 6 nitrogen and oxygen atoms in total. The molecule has 0 unspecified atom stereocenters. The van der Waals surface area contributed by atoms with Crippen LogP contribution in [0.15, 0.2) is 47.2 Å². The number of benzene rings is 2. The molecule has 3 heterocycles. The number of hydrogen-bond donors (Lipinski definition) is 1. The number of fused-ring (bicyclic) bond motifs is 1. The number of aromatic nitrogens is 5. The van der Waals surface area contributed by atoms with Gasteiger partial charge >= 0.3 is 0 Å². The molecule has 0 spiro atoms. The molecule has 0 aliphatic carbocycles. The molecule has 0 radical (unpaired) electrons. The Kier molecular flexibility index (Phi) is 4.20. The van der Waals surface area contributed by atoms with E-state index in [-0.39, 0.29) is 11.4 Å². The third-order valence-electron chi connectivity index (χ3n) is 5.73. The number of nitrogens with zero attached hydrogens (tertiary/aromatic N) is 5. The molecule has 0 saturated carbocycles. The molecule has 5 rings (SSSR count). The topological polar surface area (TPSA) is 62.6 Å². The molecule has 1 atom stereocenters. The first-order chi connectivity index (χ1) is 14.0. The van der Waals surface area contributed by atoms with Crippen molar-refractivity contribution < 1.29 is 4.39 Å². The summed E-state index contributed by atoms with van der Waals surface area (Å²) in [5.74, 6) is 0.537. The van der Waals surface area contributed by atoms with Gasteiger partial charge in [-0.25, -0.2) is 9.37 Å². The normalized spacial score (nSPS) is 19.4. The zero-order valence-electron chi connectivity index (χ0n) is 16.2. The molecule has 1 aliphatic heterocycles. The first kappa shape index (κ1) is 18.3. The molecule has 0 bridgehead atoms. The number of H-pyrrole nitrogens is 1. The van der Waals surface area contributed by atoms with Crippen LogP contribution < -0.4 is 4.90 Å². The molecule has 1 N–H and O–H groups in total. The van der Waals surface area contributed by atoms with Crippen molar-refractivity contribution >= 4 is 32.7 Å². The summed E-state index contributed by atoms with van der Waals surface area (Å²) in [4.78, 5) is 12.2. The van der Waals surface area contributed by atoms with Crippen LogP contribution in [0.1, 0.15) is 31.2 Å². The number of rotatable bonds is 3. The largest absolute Gasteiger partial charge is 0.357 e. The first-order valence-corrected chi connectivity index (χ1v) is 10.4. The third-order valence-corrected chi connectivity index (χ3v) is 6.34. The van der Waals surface area contributed by atoms with Gasteiger partial charge in [0.2, 0.25) is 0 Å². The van der Waals surface area contributed by atoms with Gasteiger partial charge in [-0.1, -0.05) is 6.07 Å². The van der Waals surface area contributed by atoms with Gasteiger partial charge in [0.15, 0.2) is 0 Å². The summed E-state index contributed by atoms with van der Waals surface area (Å²) in [5.41, 5.74) is 4.26. The molecule has 4 aromatic rings. The summed E-state index contributed by atoms with van der Waals surface area (Å²) in [6.07, 6.45) is 5.33. The van der Waals surface area contributed by atoms with Crippen molar-refractivity contribution in [2.45, 2.75) is 32.2 Å². The van der Waals surface area contributed by atoms with E-state index in [1.165, 1.54) is 11.6 Å². The van der Waals surface area contributed by atoms with E-state index >= 15 is 0 Å². The summed E-state index contributed by atoms with van der Waals surface area (Å²) in [5, 5.41) is 8.66. The Morgan fingerprint density at radius 2 is 1.93 bits per heavy atom. The molecular formula is C21H20BrFN6. The number of hydrogen-bond acceptors (Lipinski definition) is 4. The Morgan fingerprint density at radius 3 is 2.72 bits per heavy atom. The van der Waals surface area contributed by atoms with Gasteiger partial charge in [0, 0.05) is 12.6 Å².